The van der Waals surface area contributed by atoms with E-state index in [0.717, 1.165) is 6.42 Å². The van der Waals surface area contributed by atoms with Crippen molar-refractivity contribution in [2.45, 2.75) is 19.3 Å². The predicted molar refractivity (Wildman–Crippen MR) is 54.8 cm³/mol. The van der Waals surface area contributed by atoms with Crippen molar-refractivity contribution < 1.29 is 0 Å². The Bertz CT molecular complexity index is 224. The van der Waals surface area contributed by atoms with E-state index in [-0.39, 0.29) is 0 Å². The third-order valence-electron chi connectivity index (χ3n) is 2.40. The summed E-state index contributed by atoms with van der Waals surface area (Å²) < 4.78 is 1.23. The standard InChI is InChI=1S/C10H13BrN/c11-9-4-3-5-10(8-9)12-6-1-2-7-12/h4-5,8H,1-3,6-7H2. The van der Waals surface area contributed by atoms with Gasteiger partial charge in [-0.25, -0.2) is 0 Å². The molecule has 1 nitrogen and oxygen atoms in total. The van der Waals surface area contributed by atoms with Gasteiger partial charge in [0.2, 0.25) is 0 Å². The molecule has 1 radical (unpaired) electrons. The Kier molecular flexibility index (Phi) is 2.54. The van der Waals surface area contributed by atoms with E-state index in [2.05, 4.69) is 39.4 Å². The van der Waals surface area contributed by atoms with Crippen molar-refractivity contribution in [1.29, 1.82) is 0 Å². The smallest absolute Gasteiger partial charge is 0.0334 e. The highest BCUT2D eigenvalue weighted by Gasteiger charge is 2.14. The van der Waals surface area contributed by atoms with Gasteiger partial charge in [-0.2, -0.15) is 0 Å². The Morgan fingerprint density at radius 1 is 1.25 bits per heavy atom. The van der Waals surface area contributed by atoms with E-state index in [1.54, 1.807) is 0 Å². The van der Waals surface area contributed by atoms with Crippen LogP contribution < -0.4 is 0 Å². The van der Waals surface area contributed by atoms with Crippen LogP contribution in [0.5, 0.6) is 0 Å². The zero-order valence-electron chi connectivity index (χ0n) is 7.09. The average Bonchev–Trinajstić information content (AvgIpc) is 2.56. The summed E-state index contributed by atoms with van der Waals surface area (Å²) in [4.78, 5) is 2.47. The van der Waals surface area contributed by atoms with Crippen LogP contribution in [-0.4, -0.2) is 18.0 Å². The fourth-order valence-corrected chi connectivity index (χ4v) is 2.17. The second-order valence-corrected chi connectivity index (χ2v) is 4.21. The van der Waals surface area contributed by atoms with Gasteiger partial charge in [0.15, 0.2) is 0 Å². The minimum Gasteiger partial charge on any atom is -0.372 e. The number of rotatable bonds is 1. The molecule has 0 bridgehead atoms. The molecule has 0 aromatic heterocycles. The SMILES string of the molecule is BrC1=CC(N2CCCC2)=CC[CH]1. The highest BCUT2D eigenvalue weighted by molar-refractivity contribution is 9.11. The number of likely N-dealkylation sites (tertiary alicyclic amines) is 1. The molecule has 0 amide bonds. The lowest BCUT2D eigenvalue weighted by Crippen LogP contribution is -2.18. The number of hydrogen-bond acceptors (Lipinski definition) is 1. The Hall–Kier alpha value is -0.240. The van der Waals surface area contributed by atoms with Crippen LogP contribution in [0.3, 0.4) is 0 Å². The molecule has 1 heterocycles. The van der Waals surface area contributed by atoms with Gasteiger partial charge in [0.1, 0.15) is 0 Å². The summed E-state index contributed by atoms with van der Waals surface area (Å²) in [5, 5.41) is 0. The van der Waals surface area contributed by atoms with Gasteiger partial charge in [-0.1, -0.05) is 22.0 Å². The van der Waals surface area contributed by atoms with Crippen molar-refractivity contribution in [3.8, 4) is 0 Å². The van der Waals surface area contributed by atoms with Gasteiger partial charge in [-0.3, -0.25) is 0 Å². The molecule has 0 aromatic rings. The Morgan fingerprint density at radius 3 is 2.67 bits per heavy atom. The summed E-state index contributed by atoms with van der Waals surface area (Å²) in [6, 6.07) is 0. The van der Waals surface area contributed by atoms with E-state index in [9.17, 15) is 0 Å². The summed E-state index contributed by atoms with van der Waals surface area (Å²) in [6.07, 6.45) is 10.5. The molecule has 1 fully saturated rings. The first-order valence-electron chi connectivity index (χ1n) is 4.52. The summed E-state index contributed by atoms with van der Waals surface area (Å²) in [5.41, 5.74) is 1.40. The van der Waals surface area contributed by atoms with Crippen LogP contribution in [0.1, 0.15) is 19.3 Å². The molecule has 65 valence electrons. The van der Waals surface area contributed by atoms with Crippen LogP contribution in [0.15, 0.2) is 22.3 Å². The molecule has 1 aliphatic heterocycles. The molecule has 0 atom stereocenters. The van der Waals surface area contributed by atoms with E-state index >= 15 is 0 Å². The number of nitrogens with zero attached hydrogens (tertiary/aromatic N) is 1. The minimum absolute atomic E-state index is 1.07. The summed E-state index contributed by atoms with van der Waals surface area (Å²) in [5.74, 6) is 0. The second-order valence-electron chi connectivity index (χ2n) is 3.29. The normalized spacial score (nSPS) is 23.9. The third kappa shape index (κ3) is 1.74. The molecular formula is C10H13BrN. The topological polar surface area (TPSA) is 3.24 Å². The van der Waals surface area contributed by atoms with Crippen LogP contribution in [0.4, 0.5) is 0 Å². The van der Waals surface area contributed by atoms with Gasteiger partial charge in [0.05, 0.1) is 0 Å². The van der Waals surface area contributed by atoms with E-state index < -0.39 is 0 Å². The molecule has 2 heteroatoms. The molecule has 0 aromatic carbocycles. The third-order valence-corrected chi connectivity index (χ3v) is 2.95. The van der Waals surface area contributed by atoms with Gasteiger partial charge < -0.3 is 4.90 Å². The van der Waals surface area contributed by atoms with Crippen LogP contribution in [-0.2, 0) is 0 Å². The fraction of sp³-hybridized carbons (Fsp3) is 0.500. The lowest BCUT2D eigenvalue weighted by molar-refractivity contribution is 0.437. The van der Waals surface area contributed by atoms with Crippen LogP contribution in [0, 0.1) is 6.42 Å². The lowest BCUT2D eigenvalue weighted by atomic mass is 10.1. The molecule has 1 saturated heterocycles. The first-order chi connectivity index (χ1) is 5.86. The van der Waals surface area contributed by atoms with Crippen molar-refractivity contribution in [3.63, 3.8) is 0 Å². The van der Waals surface area contributed by atoms with Crippen molar-refractivity contribution in [2.75, 3.05) is 13.1 Å². The lowest BCUT2D eigenvalue weighted by Gasteiger charge is -2.21. The van der Waals surface area contributed by atoms with Crippen LogP contribution in [0.2, 0.25) is 0 Å². The Morgan fingerprint density at radius 2 is 2.00 bits per heavy atom. The van der Waals surface area contributed by atoms with Crippen molar-refractivity contribution in [2.24, 2.45) is 0 Å². The molecule has 2 aliphatic rings. The zero-order chi connectivity index (χ0) is 8.39. The highest BCUT2D eigenvalue weighted by Crippen LogP contribution is 2.25. The number of hydrogen-bond donors (Lipinski definition) is 0. The quantitative estimate of drug-likeness (QED) is 0.665. The molecule has 2 rings (SSSR count). The predicted octanol–water partition coefficient (Wildman–Crippen LogP) is 2.85. The zero-order valence-corrected chi connectivity index (χ0v) is 8.68. The summed E-state index contributed by atoms with van der Waals surface area (Å²) >= 11 is 3.51. The number of allylic oxidation sites excluding steroid dienone is 3. The Labute approximate surface area is 82.3 Å². The largest absolute Gasteiger partial charge is 0.372 e. The maximum Gasteiger partial charge on any atom is 0.0334 e. The first kappa shape index (κ1) is 8.36. The molecule has 0 N–H and O–H groups in total. The van der Waals surface area contributed by atoms with Gasteiger partial charge in [-0.15, -0.1) is 0 Å². The van der Waals surface area contributed by atoms with Gasteiger partial charge in [0, 0.05) is 29.7 Å². The van der Waals surface area contributed by atoms with E-state index in [1.807, 2.05) is 0 Å². The van der Waals surface area contributed by atoms with E-state index in [1.165, 1.54) is 36.1 Å². The molecule has 0 spiro atoms. The van der Waals surface area contributed by atoms with Crippen molar-refractivity contribution in [1.82, 2.24) is 4.90 Å². The average molecular weight is 227 g/mol. The fourth-order valence-electron chi connectivity index (χ4n) is 1.75. The second kappa shape index (κ2) is 3.65. The molecule has 1 aliphatic carbocycles. The maximum atomic E-state index is 3.51. The van der Waals surface area contributed by atoms with E-state index in [4.69, 9.17) is 0 Å². The molecule has 12 heavy (non-hydrogen) atoms. The van der Waals surface area contributed by atoms with Crippen molar-refractivity contribution in [3.05, 3.63) is 28.8 Å². The first-order valence-corrected chi connectivity index (χ1v) is 5.31. The monoisotopic (exact) mass is 226 g/mol. The summed E-state index contributed by atoms with van der Waals surface area (Å²) in [7, 11) is 0. The van der Waals surface area contributed by atoms with Crippen LogP contribution >= 0.6 is 15.9 Å². The summed E-state index contributed by atoms with van der Waals surface area (Å²) in [6.45, 7) is 2.48. The maximum absolute atomic E-state index is 3.51. The number of halogens is 1. The highest BCUT2D eigenvalue weighted by atomic mass is 79.9. The van der Waals surface area contributed by atoms with Crippen LogP contribution in [0.25, 0.3) is 0 Å². The van der Waals surface area contributed by atoms with Gasteiger partial charge >= 0.3 is 0 Å². The van der Waals surface area contributed by atoms with E-state index in [0.29, 0.717) is 0 Å². The van der Waals surface area contributed by atoms with Gasteiger partial charge in [0.25, 0.3) is 0 Å². The molecule has 0 unspecified atom stereocenters. The minimum atomic E-state index is 1.07. The Balaban J connectivity index is 2.07. The van der Waals surface area contributed by atoms with Gasteiger partial charge in [-0.05, 0) is 25.3 Å². The molecule has 0 saturated carbocycles. The molecular weight excluding hydrogens is 214 g/mol. The van der Waals surface area contributed by atoms with Crippen molar-refractivity contribution >= 4 is 15.9 Å².